The highest BCUT2D eigenvalue weighted by molar-refractivity contribution is 5.56. The minimum atomic E-state index is -0.361. The maximum Gasteiger partial charge on any atom is 0.151 e. The van der Waals surface area contributed by atoms with Crippen molar-refractivity contribution in [3.63, 3.8) is 0 Å². The highest BCUT2D eigenvalue weighted by atomic mass is 16.7. The van der Waals surface area contributed by atoms with Crippen molar-refractivity contribution in [1.29, 1.82) is 0 Å². The molecule has 0 heterocycles. The summed E-state index contributed by atoms with van der Waals surface area (Å²) in [6.45, 7) is 2.02. The van der Waals surface area contributed by atoms with Crippen LogP contribution in [0.15, 0.2) is 30.3 Å². The second kappa shape index (κ2) is 6.16. The second-order valence-electron chi connectivity index (χ2n) is 3.05. The second-order valence-corrected chi connectivity index (χ2v) is 3.05. The van der Waals surface area contributed by atoms with Crippen molar-refractivity contribution >= 4 is 12.0 Å². The number of carbonyl (C=O) groups excluding carboxylic acids is 1. The quantitative estimate of drug-likeness (QED) is 0.557. The first-order valence-corrected chi connectivity index (χ1v) is 4.78. The van der Waals surface area contributed by atoms with Gasteiger partial charge in [0.1, 0.15) is 6.10 Å². The van der Waals surface area contributed by atoms with Crippen LogP contribution in [0.4, 0.5) is 5.69 Å². The number of para-hydroxylation sites is 1. The third-order valence-electron chi connectivity index (χ3n) is 1.83. The predicted molar refractivity (Wildman–Crippen MR) is 55.9 cm³/mol. The molecular formula is C11H15NO2. The summed E-state index contributed by atoms with van der Waals surface area (Å²) in [6.07, 6.45) is 2.13. The van der Waals surface area contributed by atoms with E-state index in [1.807, 2.05) is 37.3 Å². The lowest BCUT2D eigenvalue weighted by molar-refractivity contribution is -0.116. The maximum atomic E-state index is 10.6. The van der Waals surface area contributed by atoms with Gasteiger partial charge in [-0.1, -0.05) is 31.5 Å². The Balaban J connectivity index is 2.35. The van der Waals surface area contributed by atoms with Gasteiger partial charge in [0.25, 0.3) is 0 Å². The molecule has 3 heteroatoms. The van der Waals surface area contributed by atoms with E-state index in [9.17, 15) is 4.79 Å². The lowest BCUT2D eigenvalue weighted by Crippen LogP contribution is -2.18. The van der Waals surface area contributed by atoms with Crippen LogP contribution in [0.2, 0.25) is 0 Å². The van der Waals surface area contributed by atoms with Gasteiger partial charge in [-0.05, 0) is 18.6 Å². The monoisotopic (exact) mass is 193 g/mol. The van der Waals surface area contributed by atoms with E-state index < -0.39 is 0 Å². The van der Waals surface area contributed by atoms with E-state index in [2.05, 4.69) is 5.48 Å². The van der Waals surface area contributed by atoms with Gasteiger partial charge in [0.15, 0.2) is 6.29 Å². The summed E-state index contributed by atoms with van der Waals surface area (Å²) in [5, 5.41) is 0. The molecule has 0 aromatic heterocycles. The largest absolute Gasteiger partial charge is 0.300 e. The Hall–Kier alpha value is -1.35. The summed E-state index contributed by atoms with van der Waals surface area (Å²) < 4.78 is 0. The lowest BCUT2D eigenvalue weighted by Gasteiger charge is -2.11. The van der Waals surface area contributed by atoms with Crippen molar-refractivity contribution in [2.75, 3.05) is 5.48 Å². The lowest BCUT2D eigenvalue weighted by atomic mass is 10.2. The molecular weight excluding hydrogens is 178 g/mol. The van der Waals surface area contributed by atoms with Gasteiger partial charge < -0.3 is 4.79 Å². The molecule has 0 fully saturated rings. The number of rotatable bonds is 6. The summed E-state index contributed by atoms with van der Waals surface area (Å²) in [5.74, 6) is 0. The number of hydrogen-bond donors (Lipinski definition) is 1. The first-order valence-electron chi connectivity index (χ1n) is 4.78. The highest BCUT2D eigenvalue weighted by Gasteiger charge is 2.05. The zero-order valence-corrected chi connectivity index (χ0v) is 8.27. The number of aldehydes is 1. The fourth-order valence-corrected chi connectivity index (χ4v) is 1.09. The topological polar surface area (TPSA) is 38.3 Å². The summed E-state index contributed by atoms with van der Waals surface area (Å²) in [4.78, 5) is 15.8. The maximum absolute atomic E-state index is 10.6. The minimum Gasteiger partial charge on any atom is -0.300 e. The number of hydrogen-bond acceptors (Lipinski definition) is 3. The molecule has 0 aliphatic heterocycles. The van der Waals surface area contributed by atoms with E-state index in [1.165, 1.54) is 0 Å². The fourth-order valence-electron chi connectivity index (χ4n) is 1.09. The molecule has 0 unspecified atom stereocenters. The Labute approximate surface area is 84.0 Å². The van der Waals surface area contributed by atoms with Crippen molar-refractivity contribution in [2.45, 2.75) is 25.9 Å². The van der Waals surface area contributed by atoms with E-state index in [0.717, 1.165) is 24.8 Å². The Bertz CT molecular complexity index is 261. The smallest absolute Gasteiger partial charge is 0.151 e. The molecule has 0 radical (unpaired) electrons. The van der Waals surface area contributed by atoms with Crippen LogP contribution < -0.4 is 5.48 Å². The van der Waals surface area contributed by atoms with Crippen molar-refractivity contribution in [3.05, 3.63) is 30.3 Å². The summed E-state index contributed by atoms with van der Waals surface area (Å²) in [7, 11) is 0. The average Bonchev–Trinajstić information content (AvgIpc) is 2.25. The molecule has 14 heavy (non-hydrogen) atoms. The van der Waals surface area contributed by atoms with Gasteiger partial charge in [0.2, 0.25) is 0 Å². The van der Waals surface area contributed by atoms with Gasteiger partial charge >= 0.3 is 0 Å². The zero-order valence-electron chi connectivity index (χ0n) is 8.27. The Morgan fingerprint density at radius 2 is 2.14 bits per heavy atom. The van der Waals surface area contributed by atoms with Crippen molar-refractivity contribution < 1.29 is 9.63 Å². The van der Waals surface area contributed by atoms with Crippen LogP contribution in [-0.4, -0.2) is 12.4 Å². The molecule has 0 spiro atoms. The molecule has 0 aliphatic rings. The molecule has 1 rings (SSSR count). The average molecular weight is 193 g/mol. The third-order valence-corrected chi connectivity index (χ3v) is 1.83. The Kier molecular flexibility index (Phi) is 4.72. The van der Waals surface area contributed by atoms with Crippen LogP contribution in [0, 0.1) is 0 Å². The molecule has 1 aromatic carbocycles. The molecule has 1 aromatic rings. The molecule has 0 bridgehead atoms. The molecule has 0 aliphatic carbocycles. The van der Waals surface area contributed by atoms with E-state index in [4.69, 9.17) is 4.84 Å². The standard InChI is InChI=1S/C11H15NO2/c1-2-6-11(9-13)14-12-10-7-4-3-5-8-10/h3-5,7-9,11-12H,2,6H2,1H3/t11-/m1/s1. The summed E-state index contributed by atoms with van der Waals surface area (Å²) in [6, 6.07) is 9.50. The van der Waals surface area contributed by atoms with Crippen LogP contribution in [-0.2, 0) is 9.63 Å². The summed E-state index contributed by atoms with van der Waals surface area (Å²) in [5.41, 5.74) is 3.61. The van der Waals surface area contributed by atoms with E-state index in [0.29, 0.717) is 0 Å². The van der Waals surface area contributed by atoms with E-state index >= 15 is 0 Å². The van der Waals surface area contributed by atoms with Crippen LogP contribution >= 0.6 is 0 Å². The van der Waals surface area contributed by atoms with Crippen LogP contribution in [0.25, 0.3) is 0 Å². The van der Waals surface area contributed by atoms with Crippen LogP contribution in [0.1, 0.15) is 19.8 Å². The Morgan fingerprint density at radius 1 is 1.43 bits per heavy atom. The zero-order chi connectivity index (χ0) is 10.2. The minimum absolute atomic E-state index is 0.361. The Morgan fingerprint density at radius 3 is 2.71 bits per heavy atom. The van der Waals surface area contributed by atoms with Crippen molar-refractivity contribution in [1.82, 2.24) is 0 Å². The third kappa shape index (κ3) is 3.58. The van der Waals surface area contributed by atoms with Gasteiger partial charge in [0.05, 0.1) is 5.69 Å². The SMILES string of the molecule is CCC[C@H](C=O)ONc1ccccc1. The van der Waals surface area contributed by atoms with Gasteiger partial charge in [0, 0.05) is 0 Å². The number of nitrogens with one attached hydrogen (secondary N) is 1. The molecule has 0 saturated heterocycles. The van der Waals surface area contributed by atoms with Gasteiger partial charge in [-0.3, -0.25) is 10.3 Å². The van der Waals surface area contributed by atoms with Crippen LogP contribution in [0.5, 0.6) is 0 Å². The molecule has 0 saturated carbocycles. The first-order chi connectivity index (χ1) is 6.86. The van der Waals surface area contributed by atoms with E-state index in [1.54, 1.807) is 0 Å². The number of benzene rings is 1. The predicted octanol–water partition coefficient (Wildman–Crippen LogP) is 2.40. The molecule has 1 N–H and O–H groups in total. The first kappa shape index (κ1) is 10.7. The van der Waals surface area contributed by atoms with Gasteiger partial charge in [-0.15, -0.1) is 0 Å². The van der Waals surface area contributed by atoms with Crippen LogP contribution in [0.3, 0.4) is 0 Å². The molecule has 1 atom stereocenters. The molecule has 76 valence electrons. The fraction of sp³-hybridized carbons (Fsp3) is 0.364. The number of carbonyl (C=O) groups is 1. The summed E-state index contributed by atoms with van der Waals surface area (Å²) >= 11 is 0. The molecule has 0 amide bonds. The van der Waals surface area contributed by atoms with Crippen molar-refractivity contribution in [2.24, 2.45) is 0 Å². The van der Waals surface area contributed by atoms with Crippen molar-refractivity contribution in [3.8, 4) is 0 Å². The van der Waals surface area contributed by atoms with E-state index in [-0.39, 0.29) is 6.10 Å². The highest BCUT2D eigenvalue weighted by Crippen LogP contribution is 2.07. The van der Waals surface area contributed by atoms with Gasteiger partial charge in [-0.25, -0.2) is 0 Å². The van der Waals surface area contributed by atoms with Gasteiger partial charge in [-0.2, -0.15) is 0 Å². The molecule has 3 nitrogen and oxygen atoms in total. The number of anilines is 1. The normalized spacial score (nSPS) is 12.1.